The van der Waals surface area contributed by atoms with Gasteiger partial charge in [-0.1, -0.05) is 38.1 Å². The molecule has 1 aliphatic heterocycles. The van der Waals surface area contributed by atoms with Gasteiger partial charge in [-0.2, -0.15) is 0 Å². The Kier molecular flexibility index (Phi) is 11.5. The highest BCUT2D eigenvalue weighted by Crippen LogP contribution is 2.37. The monoisotopic (exact) mass is 593 g/mol. The minimum Gasteiger partial charge on any atom is -0.497 e. The first-order chi connectivity index (χ1) is 19.4. The van der Waals surface area contributed by atoms with Gasteiger partial charge in [0.1, 0.15) is 30.3 Å². The number of amides is 2. The highest BCUT2D eigenvalue weighted by Gasteiger charge is 2.43. The quantitative estimate of drug-likeness (QED) is 0.236. The smallest absolute Gasteiger partial charge is 0.249 e. The molecule has 0 spiro atoms. The van der Waals surface area contributed by atoms with E-state index in [1.165, 1.54) is 0 Å². The summed E-state index contributed by atoms with van der Waals surface area (Å²) in [5, 5.41) is 15.7. The molecule has 4 N–H and O–H groups in total. The summed E-state index contributed by atoms with van der Waals surface area (Å²) in [6.07, 6.45) is -1.71. The second-order valence-corrected chi connectivity index (χ2v) is 12.2. The number of methoxy groups -OCH3 is 1. The Bertz CT molecular complexity index is 1250. The fourth-order valence-electron chi connectivity index (χ4n) is 4.03. The molecule has 12 nitrogen and oxygen atoms in total. The third-order valence-corrected chi connectivity index (χ3v) is 7.08. The van der Waals surface area contributed by atoms with Crippen molar-refractivity contribution in [2.75, 3.05) is 39.7 Å². The summed E-state index contributed by atoms with van der Waals surface area (Å²) in [6.45, 7) is 4.65. The van der Waals surface area contributed by atoms with Crippen LogP contribution in [-0.2, 0) is 35.6 Å². The number of hydrogen-bond donors (Lipinski definition) is 4. The van der Waals surface area contributed by atoms with E-state index >= 15 is 0 Å². The lowest BCUT2D eigenvalue weighted by molar-refractivity contribution is -0.258. The first-order valence-corrected chi connectivity index (χ1v) is 15.1. The minimum absolute atomic E-state index is 0.0252. The van der Waals surface area contributed by atoms with Crippen molar-refractivity contribution in [3.63, 3.8) is 0 Å². The molecule has 0 saturated carbocycles. The Morgan fingerprint density at radius 3 is 2.34 bits per heavy atom. The highest BCUT2D eigenvalue weighted by atomic mass is 32.2. The predicted octanol–water partition coefficient (Wildman–Crippen LogP) is 1.25. The largest absolute Gasteiger partial charge is 0.497 e. The summed E-state index contributed by atoms with van der Waals surface area (Å²) >= 11 is 0. The molecule has 2 amide bonds. The van der Waals surface area contributed by atoms with Crippen LogP contribution in [0.4, 0.5) is 0 Å². The molecule has 13 heteroatoms. The molecule has 0 aromatic heterocycles. The number of aliphatic hydroxyl groups excluding tert-OH is 1. The van der Waals surface area contributed by atoms with Gasteiger partial charge in [-0.05, 0) is 36.2 Å². The first-order valence-electron chi connectivity index (χ1n) is 13.2. The molecule has 0 radical (unpaired) electrons. The van der Waals surface area contributed by atoms with Gasteiger partial charge < -0.3 is 34.7 Å². The van der Waals surface area contributed by atoms with Gasteiger partial charge in [-0.15, -0.1) is 0 Å². The minimum atomic E-state index is -3.27. The molecule has 3 atom stereocenters. The van der Waals surface area contributed by atoms with Crippen LogP contribution in [0, 0.1) is 5.41 Å². The number of hydrogen-bond acceptors (Lipinski definition) is 9. The van der Waals surface area contributed by atoms with Crippen molar-refractivity contribution in [3.05, 3.63) is 59.7 Å². The van der Waals surface area contributed by atoms with Crippen LogP contribution in [0.1, 0.15) is 37.7 Å². The maximum absolute atomic E-state index is 13.0. The molecule has 1 heterocycles. The topological polar surface area (TPSA) is 162 Å². The summed E-state index contributed by atoms with van der Waals surface area (Å²) in [5.41, 5.74) is 0.956. The zero-order valence-electron chi connectivity index (χ0n) is 23.7. The van der Waals surface area contributed by atoms with Crippen LogP contribution in [-0.4, -0.2) is 77.2 Å². The Morgan fingerprint density at radius 1 is 1.05 bits per heavy atom. The predicted molar refractivity (Wildman–Crippen MR) is 151 cm³/mol. The lowest BCUT2D eigenvalue weighted by Gasteiger charge is -2.41. The van der Waals surface area contributed by atoms with Crippen LogP contribution < -0.4 is 24.8 Å². The standard InChI is InChI=1S/C28H39N3O9S/c1-28(2)18-39-27(20-7-11-21(37-3)12-8-20)40-24(28)26(34)29-14-13-23(32)25(33)30-17-19-5-9-22(10-6-19)38-16-15-31-41(4,35)36/h5-12,23-24,27,31-32H,13-18H2,1-4H3,(H,29,34)(H,30,33)/t23?,24?,27-/m1/s1. The van der Waals surface area contributed by atoms with Crippen LogP contribution >= 0.6 is 0 Å². The van der Waals surface area contributed by atoms with Gasteiger partial charge in [-0.3, -0.25) is 9.59 Å². The summed E-state index contributed by atoms with van der Waals surface area (Å²) in [4.78, 5) is 25.3. The Hall–Kier alpha value is -3.23. The van der Waals surface area contributed by atoms with Crippen LogP contribution in [0.5, 0.6) is 11.5 Å². The number of aliphatic hydroxyl groups is 1. The number of nitrogens with one attached hydrogen (secondary N) is 3. The van der Waals surface area contributed by atoms with Crippen molar-refractivity contribution in [3.8, 4) is 11.5 Å². The molecule has 1 fully saturated rings. The number of benzene rings is 2. The van der Waals surface area contributed by atoms with Crippen molar-refractivity contribution in [1.29, 1.82) is 0 Å². The highest BCUT2D eigenvalue weighted by molar-refractivity contribution is 7.88. The van der Waals surface area contributed by atoms with Crippen LogP contribution in [0.3, 0.4) is 0 Å². The molecule has 2 aromatic rings. The number of carbonyl (C=O) groups excluding carboxylic acids is 2. The van der Waals surface area contributed by atoms with E-state index in [0.29, 0.717) is 18.1 Å². The molecular weight excluding hydrogens is 554 g/mol. The zero-order chi connectivity index (χ0) is 30.0. The second-order valence-electron chi connectivity index (χ2n) is 10.4. The molecule has 0 aliphatic carbocycles. The van der Waals surface area contributed by atoms with E-state index in [-0.39, 0.29) is 38.6 Å². The van der Waals surface area contributed by atoms with Crippen LogP contribution in [0.15, 0.2) is 48.5 Å². The summed E-state index contributed by atoms with van der Waals surface area (Å²) in [7, 11) is -1.69. The van der Waals surface area contributed by atoms with E-state index < -0.39 is 39.8 Å². The molecule has 41 heavy (non-hydrogen) atoms. The van der Waals surface area contributed by atoms with Crippen LogP contribution in [0.2, 0.25) is 0 Å². The summed E-state index contributed by atoms with van der Waals surface area (Å²) in [6, 6.07) is 14.1. The van der Waals surface area contributed by atoms with Gasteiger partial charge in [0, 0.05) is 30.6 Å². The Labute approximate surface area is 240 Å². The van der Waals surface area contributed by atoms with Crippen molar-refractivity contribution >= 4 is 21.8 Å². The van der Waals surface area contributed by atoms with E-state index in [4.69, 9.17) is 18.9 Å². The Balaban J connectivity index is 1.40. The van der Waals surface area contributed by atoms with Crippen molar-refractivity contribution in [1.82, 2.24) is 15.4 Å². The van der Waals surface area contributed by atoms with Gasteiger partial charge in [0.2, 0.25) is 21.8 Å². The fraction of sp³-hybridized carbons (Fsp3) is 0.500. The van der Waals surface area contributed by atoms with E-state index in [2.05, 4.69) is 15.4 Å². The van der Waals surface area contributed by atoms with Crippen molar-refractivity contribution < 1.29 is 42.1 Å². The maximum atomic E-state index is 13.0. The first kappa shape index (κ1) is 32.3. The average molecular weight is 594 g/mol. The van der Waals surface area contributed by atoms with Gasteiger partial charge in [0.05, 0.1) is 20.0 Å². The second kappa shape index (κ2) is 14.6. The maximum Gasteiger partial charge on any atom is 0.249 e. The number of rotatable bonds is 14. The number of carbonyl (C=O) groups is 2. The van der Waals surface area contributed by atoms with Crippen molar-refractivity contribution in [2.24, 2.45) is 5.41 Å². The van der Waals surface area contributed by atoms with Crippen molar-refractivity contribution in [2.45, 2.75) is 45.3 Å². The lowest BCUT2D eigenvalue weighted by atomic mass is 9.85. The molecule has 3 rings (SSSR count). The molecule has 2 aromatic carbocycles. The number of sulfonamides is 1. The molecular formula is C28H39N3O9S. The van der Waals surface area contributed by atoms with Crippen LogP contribution in [0.25, 0.3) is 0 Å². The summed E-state index contributed by atoms with van der Waals surface area (Å²) < 4.78 is 47.0. The average Bonchev–Trinajstić information content (AvgIpc) is 2.94. The molecule has 1 aliphatic rings. The van der Waals surface area contributed by atoms with Gasteiger partial charge in [0.15, 0.2) is 6.29 Å². The number of ether oxygens (including phenoxy) is 4. The van der Waals surface area contributed by atoms with E-state index in [1.54, 1.807) is 43.5 Å². The summed E-state index contributed by atoms with van der Waals surface area (Å²) in [5.74, 6) is 0.341. The third-order valence-electron chi connectivity index (χ3n) is 6.35. The molecule has 1 saturated heterocycles. The van der Waals surface area contributed by atoms with Gasteiger partial charge in [-0.25, -0.2) is 13.1 Å². The van der Waals surface area contributed by atoms with E-state index in [0.717, 1.165) is 17.4 Å². The zero-order valence-corrected chi connectivity index (χ0v) is 24.5. The normalized spacial score (nSPS) is 19.1. The molecule has 226 valence electrons. The molecule has 2 unspecified atom stereocenters. The molecule has 0 bridgehead atoms. The SMILES string of the molecule is COc1ccc([C@@H]2OCC(C)(C)C(C(=O)NCCC(O)C(=O)NCc3ccc(OCCNS(C)(=O)=O)cc3)O2)cc1. The Morgan fingerprint density at radius 2 is 1.71 bits per heavy atom. The van der Waals surface area contributed by atoms with Gasteiger partial charge >= 0.3 is 0 Å². The van der Waals surface area contributed by atoms with E-state index in [9.17, 15) is 23.1 Å². The van der Waals surface area contributed by atoms with E-state index in [1.807, 2.05) is 26.0 Å². The third kappa shape index (κ3) is 10.3. The fourth-order valence-corrected chi connectivity index (χ4v) is 4.48. The lowest BCUT2D eigenvalue weighted by Crippen LogP contribution is -2.52. The van der Waals surface area contributed by atoms with Gasteiger partial charge in [0.25, 0.3) is 0 Å².